The third-order valence-electron chi connectivity index (χ3n) is 3.17. The van der Waals surface area contributed by atoms with Crippen molar-refractivity contribution in [3.63, 3.8) is 0 Å². The molecule has 1 saturated heterocycles. The van der Waals surface area contributed by atoms with E-state index < -0.39 is 0 Å². The molecule has 1 heterocycles. The van der Waals surface area contributed by atoms with Crippen LogP contribution in [-0.2, 0) is 4.84 Å². The molecular formula is C15H15NO2. The first-order chi connectivity index (χ1) is 8.88. The van der Waals surface area contributed by atoms with Gasteiger partial charge in [-0.1, -0.05) is 30.3 Å². The van der Waals surface area contributed by atoms with Crippen LogP contribution in [0.3, 0.4) is 0 Å². The molecule has 1 atom stereocenters. The first kappa shape index (κ1) is 11.1. The molecule has 1 fully saturated rings. The Hall–Kier alpha value is -2.00. The van der Waals surface area contributed by atoms with Crippen molar-refractivity contribution in [2.45, 2.75) is 6.04 Å². The molecule has 1 aliphatic rings. The van der Waals surface area contributed by atoms with Crippen molar-refractivity contribution in [2.24, 2.45) is 0 Å². The molecule has 1 unspecified atom stereocenters. The minimum absolute atomic E-state index is 0.290. The van der Waals surface area contributed by atoms with E-state index in [1.165, 1.54) is 5.56 Å². The molecule has 0 radical (unpaired) electrons. The maximum atomic E-state index is 5.54. The summed E-state index contributed by atoms with van der Waals surface area (Å²) < 4.78 is 5.17. The van der Waals surface area contributed by atoms with E-state index >= 15 is 0 Å². The number of nitrogens with zero attached hydrogens (tertiary/aromatic N) is 1. The molecule has 2 aromatic carbocycles. The average Bonchev–Trinajstić information content (AvgIpc) is 2.40. The van der Waals surface area contributed by atoms with Crippen LogP contribution >= 0.6 is 0 Å². The van der Waals surface area contributed by atoms with Gasteiger partial charge in [-0.3, -0.25) is 4.84 Å². The molecule has 3 rings (SSSR count). The van der Waals surface area contributed by atoms with Gasteiger partial charge in [0.1, 0.15) is 18.4 Å². The zero-order chi connectivity index (χ0) is 12.4. The minimum atomic E-state index is 0.290. The van der Waals surface area contributed by atoms with Crippen LogP contribution in [0.2, 0.25) is 0 Å². The van der Waals surface area contributed by atoms with E-state index in [4.69, 9.17) is 9.57 Å². The molecule has 18 heavy (non-hydrogen) atoms. The number of benzene rings is 2. The lowest BCUT2D eigenvalue weighted by molar-refractivity contribution is -0.0260. The second-order valence-corrected chi connectivity index (χ2v) is 4.25. The summed E-state index contributed by atoms with van der Waals surface area (Å²) in [5.41, 5.74) is 2.33. The van der Waals surface area contributed by atoms with Gasteiger partial charge >= 0.3 is 0 Å². The van der Waals surface area contributed by atoms with E-state index in [0.29, 0.717) is 6.04 Å². The summed E-state index contributed by atoms with van der Waals surface area (Å²) in [5, 5.41) is 1.95. The van der Waals surface area contributed by atoms with E-state index in [9.17, 15) is 0 Å². The molecule has 92 valence electrons. The molecule has 0 aliphatic carbocycles. The largest absolute Gasteiger partial charge is 0.497 e. The highest BCUT2D eigenvalue weighted by atomic mass is 16.7. The Labute approximate surface area is 107 Å². The molecular weight excluding hydrogens is 226 g/mol. The van der Waals surface area contributed by atoms with Crippen LogP contribution in [0.1, 0.15) is 11.6 Å². The highest BCUT2D eigenvalue weighted by Gasteiger charge is 2.31. The van der Waals surface area contributed by atoms with Gasteiger partial charge in [0.2, 0.25) is 0 Å². The molecule has 0 N–H and O–H groups in total. The Morgan fingerprint density at radius 2 is 1.78 bits per heavy atom. The van der Waals surface area contributed by atoms with Gasteiger partial charge in [0.05, 0.1) is 12.8 Å². The topological polar surface area (TPSA) is 21.7 Å². The van der Waals surface area contributed by atoms with Crippen LogP contribution in [0.4, 0.5) is 5.69 Å². The van der Waals surface area contributed by atoms with E-state index in [2.05, 4.69) is 24.3 Å². The quantitative estimate of drug-likeness (QED) is 0.823. The lowest BCUT2D eigenvalue weighted by Crippen LogP contribution is -2.43. The standard InChI is InChI=1S/C15H15NO2/c1-17-14-9-7-12(8-10-14)15-11-18-16(15)13-5-3-2-4-6-13/h2-10,15H,11H2,1H3. The van der Waals surface area contributed by atoms with E-state index in [1.54, 1.807) is 7.11 Å². The summed E-state index contributed by atoms with van der Waals surface area (Å²) in [6.07, 6.45) is 0. The van der Waals surface area contributed by atoms with E-state index in [1.807, 2.05) is 35.4 Å². The Morgan fingerprint density at radius 3 is 2.33 bits per heavy atom. The van der Waals surface area contributed by atoms with Crippen molar-refractivity contribution < 1.29 is 9.57 Å². The zero-order valence-electron chi connectivity index (χ0n) is 10.2. The van der Waals surface area contributed by atoms with Crippen LogP contribution in [0.15, 0.2) is 54.6 Å². The Balaban J connectivity index is 1.80. The maximum absolute atomic E-state index is 5.54. The van der Waals surface area contributed by atoms with Gasteiger partial charge in [0.25, 0.3) is 0 Å². The van der Waals surface area contributed by atoms with Crippen molar-refractivity contribution in [3.8, 4) is 5.75 Å². The van der Waals surface area contributed by atoms with E-state index in [-0.39, 0.29) is 0 Å². The molecule has 0 bridgehead atoms. The summed E-state index contributed by atoms with van der Waals surface area (Å²) >= 11 is 0. The number of hydrogen-bond donors (Lipinski definition) is 0. The van der Waals surface area contributed by atoms with Crippen LogP contribution < -0.4 is 9.80 Å². The molecule has 0 saturated carbocycles. The van der Waals surface area contributed by atoms with Gasteiger partial charge in [-0.05, 0) is 29.8 Å². The smallest absolute Gasteiger partial charge is 0.118 e. The van der Waals surface area contributed by atoms with Gasteiger partial charge in [0, 0.05) is 0 Å². The number of methoxy groups -OCH3 is 1. The molecule has 3 heteroatoms. The minimum Gasteiger partial charge on any atom is -0.497 e. The highest BCUT2D eigenvalue weighted by Crippen LogP contribution is 2.35. The number of hydrogen-bond acceptors (Lipinski definition) is 3. The van der Waals surface area contributed by atoms with Gasteiger partial charge < -0.3 is 4.74 Å². The second kappa shape index (κ2) is 4.70. The first-order valence-corrected chi connectivity index (χ1v) is 5.99. The summed E-state index contributed by atoms with van der Waals surface area (Å²) in [5.74, 6) is 0.880. The van der Waals surface area contributed by atoms with Gasteiger partial charge in [-0.25, -0.2) is 5.06 Å². The molecule has 0 spiro atoms. The summed E-state index contributed by atoms with van der Waals surface area (Å²) in [7, 11) is 1.68. The van der Waals surface area contributed by atoms with Crippen LogP contribution in [0.25, 0.3) is 0 Å². The Morgan fingerprint density at radius 1 is 1.06 bits per heavy atom. The average molecular weight is 241 g/mol. The number of para-hydroxylation sites is 1. The fourth-order valence-corrected chi connectivity index (χ4v) is 2.11. The summed E-state index contributed by atoms with van der Waals surface area (Å²) in [4.78, 5) is 5.54. The fraction of sp³-hybridized carbons (Fsp3) is 0.200. The predicted octanol–water partition coefficient (Wildman–Crippen LogP) is 3.19. The van der Waals surface area contributed by atoms with Crippen molar-refractivity contribution in [1.82, 2.24) is 0 Å². The Bertz CT molecular complexity index is 510. The van der Waals surface area contributed by atoms with Crippen molar-refractivity contribution >= 4 is 5.69 Å². The SMILES string of the molecule is COc1ccc(C2CON2c2ccccc2)cc1. The first-order valence-electron chi connectivity index (χ1n) is 5.99. The monoisotopic (exact) mass is 241 g/mol. The van der Waals surface area contributed by atoms with E-state index in [0.717, 1.165) is 18.0 Å². The molecule has 2 aromatic rings. The second-order valence-electron chi connectivity index (χ2n) is 4.25. The highest BCUT2D eigenvalue weighted by molar-refractivity contribution is 5.48. The van der Waals surface area contributed by atoms with Gasteiger partial charge in [0.15, 0.2) is 0 Å². The molecule has 1 aliphatic heterocycles. The van der Waals surface area contributed by atoms with Gasteiger partial charge in [-0.15, -0.1) is 0 Å². The maximum Gasteiger partial charge on any atom is 0.118 e. The number of ether oxygens (including phenoxy) is 1. The van der Waals surface area contributed by atoms with Crippen molar-refractivity contribution in [3.05, 3.63) is 60.2 Å². The van der Waals surface area contributed by atoms with Crippen molar-refractivity contribution in [1.29, 1.82) is 0 Å². The summed E-state index contributed by atoms with van der Waals surface area (Å²) in [6.45, 7) is 0.723. The fourth-order valence-electron chi connectivity index (χ4n) is 2.11. The third-order valence-corrected chi connectivity index (χ3v) is 3.17. The molecule has 0 amide bonds. The number of rotatable bonds is 3. The number of hydroxylamine groups is 1. The molecule has 3 nitrogen and oxygen atoms in total. The number of anilines is 1. The van der Waals surface area contributed by atoms with Crippen LogP contribution in [0.5, 0.6) is 5.75 Å². The third kappa shape index (κ3) is 1.93. The van der Waals surface area contributed by atoms with Crippen molar-refractivity contribution in [2.75, 3.05) is 18.8 Å². The normalized spacial score (nSPS) is 18.3. The lowest BCUT2D eigenvalue weighted by atomic mass is 10.0. The Kier molecular flexibility index (Phi) is 2.90. The summed E-state index contributed by atoms with van der Waals surface area (Å²) in [6, 6.07) is 18.6. The predicted molar refractivity (Wildman–Crippen MR) is 70.6 cm³/mol. The van der Waals surface area contributed by atoms with Crippen LogP contribution in [-0.4, -0.2) is 13.7 Å². The van der Waals surface area contributed by atoms with Gasteiger partial charge in [-0.2, -0.15) is 0 Å². The lowest BCUT2D eigenvalue weighted by Gasteiger charge is -2.41. The van der Waals surface area contributed by atoms with Crippen LogP contribution in [0, 0.1) is 0 Å². The molecule has 0 aromatic heterocycles. The zero-order valence-corrected chi connectivity index (χ0v) is 10.2.